The quantitative estimate of drug-likeness (QED) is 0.0941. The summed E-state index contributed by atoms with van der Waals surface area (Å²) in [5.74, 6) is -0.0280. The van der Waals surface area contributed by atoms with Crippen molar-refractivity contribution in [1.82, 2.24) is 15.1 Å². The maximum Gasteiger partial charge on any atom is 0.494 e. The molecule has 5 aliphatic rings. The maximum atomic E-state index is 13.2. The number of imide groups is 1. The zero-order chi connectivity index (χ0) is 43.9. The Morgan fingerprint density at radius 1 is 0.714 bits per heavy atom. The van der Waals surface area contributed by atoms with E-state index in [-0.39, 0.29) is 35.3 Å². The number of fused-ring (bicyclic) bond motifs is 1. The average molecular weight is 848 g/mol. The Labute approximate surface area is 373 Å². The number of hydrogen-bond acceptors (Lipinski definition) is 8. The fourth-order valence-corrected chi connectivity index (χ4v) is 10.1. The summed E-state index contributed by atoms with van der Waals surface area (Å²) in [4.78, 5) is 46.6. The molecule has 328 valence electrons. The Kier molecular flexibility index (Phi) is 12.1. The van der Waals surface area contributed by atoms with Gasteiger partial charge >= 0.3 is 7.12 Å². The van der Waals surface area contributed by atoms with Crippen LogP contribution in [0.5, 0.6) is 0 Å². The van der Waals surface area contributed by atoms with Crippen molar-refractivity contribution in [3.63, 3.8) is 0 Å². The van der Waals surface area contributed by atoms with E-state index in [0.717, 1.165) is 74.9 Å². The lowest BCUT2D eigenvalue weighted by molar-refractivity contribution is -0.136. The molecule has 9 rings (SSSR count). The van der Waals surface area contributed by atoms with Crippen LogP contribution in [0.3, 0.4) is 0 Å². The van der Waals surface area contributed by atoms with Gasteiger partial charge in [-0.25, -0.2) is 0 Å². The molecule has 0 aromatic heterocycles. The van der Waals surface area contributed by atoms with Crippen LogP contribution in [0.15, 0.2) is 97.1 Å². The number of carbonyl (C=O) groups excluding carboxylic acids is 3. The molecule has 0 spiro atoms. The molecular weight excluding hydrogens is 785 g/mol. The molecule has 10 nitrogen and oxygen atoms in total. The van der Waals surface area contributed by atoms with Crippen molar-refractivity contribution in [2.45, 2.75) is 96.9 Å². The summed E-state index contributed by atoms with van der Waals surface area (Å²) in [5.41, 5.74) is 10.6. The van der Waals surface area contributed by atoms with E-state index in [9.17, 15) is 14.4 Å². The van der Waals surface area contributed by atoms with Gasteiger partial charge in [-0.15, -0.1) is 0 Å². The fraction of sp³-hybridized carbons (Fsp3) is 0.442. The number of benzene rings is 4. The topological polar surface area (TPSA) is 94.7 Å². The summed E-state index contributed by atoms with van der Waals surface area (Å²) in [6.45, 7) is 18.3. The highest BCUT2D eigenvalue weighted by molar-refractivity contribution is 6.62. The van der Waals surface area contributed by atoms with Crippen molar-refractivity contribution in [2.24, 2.45) is 5.92 Å². The molecule has 4 fully saturated rings. The van der Waals surface area contributed by atoms with E-state index in [4.69, 9.17) is 9.31 Å². The molecule has 11 heteroatoms. The largest absolute Gasteiger partial charge is 0.494 e. The first-order valence-corrected chi connectivity index (χ1v) is 23.2. The van der Waals surface area contributed by atoms with Crippen LogP contribution in [-0.4, -0.2) is 97.7 Å². The van der Waals surface area contributed by atoms with Gasteiger partial charge in [0.1, 0.15) is 6.04 Å². The van der Waals surface area contributed by atoms with E-state index >= 15 is 0 Å². The Balaban J connectivity index is 0.784. The minimum absolute atomic E-state index is 0.121. The number of nitrogens with zero attached hydrogens (tertiary/aromatic N) is 4. The van der Waals surface area contributed by atoms with Crippen molar-refractivity contribution in [2.75, 3.05) is 55.6 Å². The van der Waals surface area contributed by atoms with Crippen LogP contribution in [0, 0.1) is 5.92 Å². The first-order valence-electron chi connectivity index (χ1n) is 23.2. The highest BCUT2D eigenvalue weighted by atomic mass is 16.7. The summed E-state index contributed by atoms with van der Waals surface area (Å²) in [5, 5.41) is 2.39. The molecule has 0 aliphatic carbocycles. The maximum absolute atomic E-state index is 13.2. The van der Waals surface area contributed by atoms with Gasteiger partial charge in [-0.05, 0) is 141 Å². The van der Waals surface area contributed by atoms with Crippen molar-refractivity contribution in [3.05, 3.63) is 125 Å². The minimum atomic E-state index is -0.588. The van der Waals surface area contributed by atoms with Crippen molar-refractivity contribution >= 4 is 52.8 Å². The SMILES string of the molecule is CC/C(=C(\c1ccc(B2OC(C)(C)C(C)(C)O2)cc1)c1ccc(N2CCC(CCN3CCN(c4ccc5c(c4)CN(C4CCC(=O)NC4=O)C5=O)CC3)CC2)cc1)c1ccccc1. The van der Waals surface area contributed by atoms with Crippen molar-refractivity contribution < 1.29 is 23.7 Å². The Hall–Kier alpha value is -5.23. The van der Waals surface area contributed by atoms with E-state index in [0.29, 0.717) is 18.5 Å². The van der Waals surface area contributed by atoms with E-state index in [1.54, 1.807) is 4.90 Å². The van der Waals surface area contributed by atoms with E-state index in [1.165, 1.54) is 52.8 Å². The summed E-state index contributed by atoms with van der Waals surface area (Å²) in [7, 11) is -0.391. The molecule has 1 atom stereocenters. The van der Waals surface area contributed by atoms with Gasteiger partial charge in [0.15, 0.2) is 0 Å². The Bertz CT molecular complexity index is 2330. The molecule has 63 heavy (non-hydrogen) atoms. The zero-order valence-electron chi connectivity index (χ0n) is 37.7. The third-order valence-electron chi connectivity index (χ3n) is 14.7. The second kappa shape index (κ2) is 17.7. The van der Waals surface area contributed by atoms with Crippen LogP contribution < -0.4 is 20.6 Å². The number of rotatable bonds is 11. The summed E-state index contributed by atoms with van der Waals surface area (Å²) in [6.07, 6.45) is 5.20. The van der Waals surface area contributed by atoms with Gasteiger partial charge in [0.25, 0.3) is 5.91 Å². The molecule has 1 N–H and O–H groups in total. The van der Waals surface area contributed by atoms with Gasteiger partial charge < -0.3 is 24.0 Å². The number of carbonyl (C=O) groups is 3. The number of piperazine rings is 1. The molecule has 0 radical (unpaired) electrons. The molecule has 0 saturated carbocycles. The van der Waals surface area contributed by atoms with E-state index in [2.05, 4.69) is 140 Å². The molecule has 4 aromatic carbocycles. The monoisotopic (exact) mass is 847 g/mol. The molecular formula is C52H62BN5O5. The Morgan fingerprint density at radius 3 is 1.97 bits per heavy atom. The molecule has 1 unspecified atom stereocenters. The molecule has 4 saturated heterocycles. The third-order valence-corrected chi connectivity index (χ3v) is 14.7. The van der Waals surface area contributed by atoms with Gasteiger partial charge in [0.05, 0.1) is 11.2 Å². The highest BCUT2D eigenvalue weighted by Gasteiger charge is 2.51. The first kappa shape index (κ1) is 43.0. The Morgan fingerprint density at radius 2 is 1.33 bits per heavy atom. The fourth-order valence-electron chi connectivity index (χ4n) is 10.1. The van der Waals surface area contributed by atoms with Gasteiger partial charge in [0, 0.05) is 69.2 Å². The van der Waals surface area contributed by atoms with Gasteiger partial charge in [-0.1, -0.05) is 73.7 Å². The number of piperidine rings is 2. The average Bonchev–Trinajstić information content (AvgIpc) is 3.74. The second-order valence-electron chi connectivity index (χ2n) is 19.1. The molecule has 4 aromatic rings. The first-order chi connectivity index (χ1) is 30.4. The van der Waals surface area contributed by atoms with Crippen LogP contribution >= 0.6 is 0 Å². The van der Waals surface area contributed by atoms with Crippen molar-refractivity contribution in [1.29, 1.82) is 0 Å². The zero-order valence-corrected chi connectivity index (χ0v) is 37.7. The predicted molar refractivity (Wildman–Crippen MR) is 252 cm³/mol. The number of allylic oxidation sites excluding steroid dienone is 1. The summed E-state index contributed by atoms with van der Waals surface area (Å²) >= 11 is 0. The lowest BCUT2D eigenvalue weighted by atomic mass is 9.78. The second-order valence-corrected chi connectivity index (χ2v) is 19.1. The normalized spacial score (nSPS) is 22.0. The third kappa shape index (κ3) is 8.85. The lowest BCUT2D eigenvalue weighted by Crippen LogP contribution is -2.52. The summed E-state index contributed by atoms with van der Waals surface area (Å²) in [6, 6.07) is 34.3. The smallest absolute Gasteiger partial charge is 0.399 e. The lowest BCUT2D eigenvalue weighted by Gasteiger charge is -2.38. The van der Waals surface area contributed by atoms with Gasteiger partial charge in [-0.3, -0.25) is 24.6 Å². The number of hydrogen-bond donors (Lipinski definition) is 1. The van der Waals surface area contributed by atoms with Gasteiger partial charge in [0.2, 0.25) is 11.8 Å². The van der Waals surface area contributed by atoms with E-state index in [1.807, 2.05) is 12.1 Å². The number of amides is 3. The minimum Gasteiger partial charge on any atom is -0.399 e. The van der Waals surface area contributed by atoms with Crippen LogP contribution in [0.4, 0.5) is 11.4 Å². The summed E-state index contributed by atoms with van der Waals surface area (Å²) < 4.78 is 12.8. The van der Waals surface area contributed by atoms with Gasteiger partial charge in [-0.2, -0.15) is 0 Å². The standard InChI is InChI=1S/C52H62BN5O5/c1-6-44(37-10-8-7-9-11-37)48(38-12-16-41(17-13-38)53-62-51(2,3)52(4,5)63-53)39-14-18-42(19-15-39)56-28-25-36(26-29-56)24-27-55-30-32-57(33-31-55)43-20-21-45-40(34-43)35-58(50(45)61)46-22-23-47(59)54-49(46)60/h7-21,34,36,46H,6,22-33,35H2,1-5H3,(H,54,59,60)/b48-44-. The number of nitrogens with one attached hydrogen (secondary N) is 1. The predicted octanol–water partition coefficient (Wildman–Crippen LogP) is 7.54. The van der Waals surface area contributed by atoms with Crippen LogP contribution in [0.2, 0.25) is 0 Å². The number of anilines is 2. The van der Waals surface area contributed by atoms with Crippen LogP contribution in [0.25, 0.3) is 11.1 Å². The molecule has 5 heterocycles. The van der Waals surface area contributed by atoms with Crippen LogP contribution in [-0.2, 0) is 25.4 Å². The molecule has 0 bridgehead atoms. The highest BCUT2D eigenvalue weighted by Crippen LogP contribution is 2.39. The van der Waals surface area contributed by atoms with Crippen LogP contribution in [0.1, 0.15) is 106 Å². The molecule has 5 aliphatic heterocycles. The van der Waals surface area contributed by atoms with Crippen molar-refractivity contribution in [3.8, 4) is 0 Å². The molecule has 3 amide bonds. The van der Waals surface area contributed by atoms with E-state index < -0.39 is 13.2 Å².